The van der Waals surface area contributed by atoms with Crippen LogP contribution in [0.3, 0.4) is 0 Å². The van der Waals surface area contributed by atoms with E-state index in [0.29, 0.717) is 18.7 Å². The molecule has 26 heavy (non-hydrogen) atoms. The number of amides is 1. The van der Waals surface area contributed by atoms with Crippen molar-refractivity contribution in [2.45, 2.75) is 18.9 Å². The van der Waals surface area contributed by atoms with Gasteiger partial charge in [0.15, 0.2) is 0 Å². The number of piperidine rings is 1. The van der Waals surface area contributed by atoms with E-state index in [0.717, 1.165) is 30.0 Å². The van der Waals surface area contributed by atoms with Gasteiger partial charge in [0.1, 0.15) is 17.3 Å². The molecule has 0 unspecified atom stereocenters. The van der Waals surface area contributed by atoms with E-state index in [1.807, 2.05) is 18.2 Å². The van der Waals surface area contributed by atoms with E-state index < -0.39 is 5.82 Å². The number of methoxy groups -OCH3 is 2. The molecule has 0 atom stereocenters. The molecule has 1 amide bonds. The fraction of sp³-hybridized carbons (Fsp3) is 0.350. The summed E-state index contributed by atoms with van der Waals surface area (Å²) in [6, 6.07) is 11.7. The van der Waals surface area contributed by atoms with Crippen molar-refractivity contribution >= 4 is 11.6 Å². The van der Waals surface area contributed by atoms with Crippen molar-refractivity contribution in [2.75, 3.05) is 32.6 Å². The van der Waals surface area contributed by atoms with Gasteiger partial charge < -0.3 is 19.7 Å². The fourth-order valence-corrected chi connectivity index (χ4v) is 3.18. The Morgan fingerprint density at radius 2 is 1.88 bits per heavy atom. The number of ether oxygens (including phenoxy) is 2. The molecule has 1 N–H and O–H groups in total. The maximum absolute atomic E-state index is 13.3. The second-order valence-electron chi connectivity index (χ2n) is 6.29. The summed E-state index contributed by atoms with van der Waals surface area (Å²) in [6.07, 6.45) is 1.61. The quantitative estimate of drug-likeness (QED) is 0.888. The number of nitrogens with zero attached hydrogens (tertiary/aromatic N) is 1. The number of benzene rings is 2. The molecule has 1 saturated heterocycles. The molecule has 0 radical (unpaired) electrons. The van der Waals surface area contributed by atoms with Crippen LogP contribution in [0, 0.1) is 5.82 Å². The van der Waals surface area contributed by atoms with Gasteiger partial charge >= 0.3 is 0 Å². The van der Waals surface area contributed by atoms with Gasteiger partial charge in [-0.05, 0) is 43.2 Å². The third-order valence-electron chi connectivity index (χ3n) is 4.62. The summed E-state index contributed by atoms with van der Waals surface area (Å²) < 4.78 is 24.0. The molecule has 1 aliphatic heterocycles. The predicted octanol–water partition coefficient (Wildman–Crippen LogP) is 3.56. The second-order valence-corrected chi connectivity index (χ2v) is 6.29. The lowest BCUT2D eigenvalue weighted by Crippen LogP contribution is -2.42. The Balaban J connectivity index is 1.61. The number of carbonyl (C=O) groups is 1. The maximum atomic E-state index is 13.3. The highest BCUT2D eigenvalue weighted by Gasteiger charge is 2.24. The van der Waals surface area contributed by atoms with E-state index in [4.69, 9.17) is 9.47 Å². The van der Waals surface area contributed by atoms with E-state index in [1.165, 1.54) is 12.1 Å². The minimum absolute atomic E-state index is 0.123. The van der Waals surface area contributed by atoms with Crippen LogP contribution in [-0.2, 0) is 0 Å². The van der Waals surface area contributed by atoms with Crippen LogP contribution in [0.25, 0.3) is 0 Å². The molecule has 2 aromatic carbocycles. The zero-order chi connectivity index (χ0) is 18.5. The van der Waals surface area contributed by atoms with Crippen molar-refractivity contribution in [3.63, 3.8) is 0 Å². The largest absolute Gasteiger partial charge is 0.497 e. The Morgan fingerprint density at radius 1 is 1.12 bits per heavy atom. The van der Waals surface area contributed by atoms with E-state index >= 15 is 0 Å². The molecular weight excluding hydrogens is 335 g/mol. The Hall–Kier alpha value is -2.76. The van der Waals surface area contributed by atoms with Crippen molar-refractivity contribution in [3.8, 4) is 11.5 Å². The van der Waals surface area contributed by atoms with Gasteiger partial charge in [0.2, 0.25) is 0 Å². The van der Waals surface area contributed by atoms with Crippen LogP contribution in [0.1, 0.15) is 23.2 Å². The van der Waals surface area contributed by atoms with E-state index in [-0.39, 0.29) is 11.9 Å². The molecule has 0 aliphatic carbocycles. The molecule has 1 heterocycles. The number of rotatable bonds is 5. The summed E-state index contributed by atoms with van der Waals surface area (Å²) in [5.41, 5.74) is 1.27. The molecule has 6 heteroatoms. The summed E-state index contributed by atoms with van der Waals surface area (Å²) in [7, 11) is 3.26. The lowest BCUT2D eigenvalue weighted by atomic mass is 10.0. The molecule has 1 fully saturated rings. The number of hydrogen-bond acceptors (Lipinski definition) is 4. The van der Waals surface area contributed by atoms with Crippen LogP contribution in [0.2, 0.25) is 0 Å². The first-order valence-electron chi connectivity index (χ1n) is 8.64. The van der Waals surface area contributed by atoms with Crippen molar-refractivity contribution in [1.29, 1.82) is 0 Å². The van der Waals surface area contributed by atoms with Crippen LogP contribution in [0.4, 0.5) is 10.1 Å². The summed E-state index contributed by atoms with van der Waals surface area (Å²) in [5.74, 6) is 0.996. The van der Waals surface area contributed by atoms with Gasteiger partial charge in [-0.3, -0.25) is 4.79 Å². The molecule has 2 aromatic rings. The minimum Gasteiger partial charge on any atom is -0.497 e. The molecule has 0 aromatic heterocycles. The van der Waals surface area contributed by atoms with Crippen LogP contribution in [-0.4, -0.2) is 44.2 Å². The predicted molar refractivity (Wildman–Crippen MR) is 98.5 cm³/mol. The first-order chi connectivity index (χ1) is 12.6. The average molecular weight is 358 g/mol. The highest BCUT2D eigenvalue weighted by atomic mass is 19.1. The zero-order valence-electron chi connectivity index (χ0n) is 15.0. The van der Waals surface area contributed by atoms with Crippen LogP contribution in [0.5, 0.6) is 11.5 Å². The highest BCUT2D eigenvalue weighted by Crippen LogP contribution is 2.30. The Labute approximate surface area is 152 Å². The van der Waals surface area contributed by atoms with Gasteiger partial charge in [-0.25, -0.2) is 4.39 Å². The molecule has 0 spiro atoms. The maximum Gasteiger partial charge on any atom is 0.253 e. The van der Waals surface area contributed by atoms with Gasteiger partial charge in [0.25, 0.3) is 5.91 Å². The van der Waals surface area contributed by atoms with Crippen molar-refractivity contribution in [3.05, 3.63) is 53.8 Å². The van der Waals surface area contributed by atoms with Crippen LogP contribution in [0.15, 0.2) is 42.5 Å². The average Bonchev–Trinajstić information content (AvgIpc) is 2.68. The summed E-state index contributed by atoms with van der Waals surface area (Å²) in [4.78, 5) is 14.3. The SMILES string of the molecule is COc1ccc(OC)c(NC2CCN(C(=O)c3cccc(F)c3)CC2)c1. The second kappa shape index (κ2) is 8.08. The van der Waals surface area contributed by atoms with Crippen LogP contribution < -0.4 is 14.8 Å². The number of likely N-dealkylation sites (tertiary alicyclic amines) is 1. The lowest BCUT2D eigenvalue weighted by molar-refractivity contribution is 0.0718. The number of carbonyl (C=O) groups excluding carboxylic acids is 1. The first-order valence-corrected chi connectivity index (χ1v) is 8.64. The van der Waals surface area contributed by atoms with E-state index in [1.54, 1.807) is 31.3 Å². The number of halogens is 1. The molecule has 5 nitrogen and oxygen atoms in total. The zero-order valence-corrected chi connectivity index (χ0v) is 15.0. The van der Waals surface area contributed by atoms with E-state index in [9.17, 15) is 9.18 Å². The number of hydrogen-bond donors (Lipinski definition) is 1. The molecule has 1 aliphatic rings. The minimum atomic E-state index is -0.391. The summed E-state index contributed by atoms with van der Waals surface area (Å²) in [6.45, 7) is 1.25. The highest BCUT2D eigenvalue weighted by molar-refractivity contribution is 5.94. The standard InChI is InChI=1S/C20H23FN2O3/c1-25-17-6-7-19(26-2)18(13-17)22-16-8-10-23(11-9-16)20(24)14-4-3-5-15(21)12-14/h3-7,12-13,16,22H,8-11H2,1-2H3. The van der Waals surface area contributed by atoms with Crippen LogP contribution >= 0.6 is 0 Å². The molecule has 0 saturated carbocycles. The Bertz CT molecular complexity index is 773. The molecule has 138 valence electrons. The van der Waals surface area contributed by atoms with Crippen molar-refractivity contribution in [1.82, 2.24) is 4.90 Å². The Kier molecular flexibility index (Phi) is 5.61. The molecule has 3 rings (SSSR count). The normalized spacial score (nSPS) is 14.8. The smallest absolute Gasteiger partial charge is 0.253 e. The fourth-order valence-electron chi connectivity index (χ4n) is 3.18. The molecule has 0 bridgehead atoms. The van der Waals surface area contributed by atoms with Gasteiger partial charge in [0, 0.05) is 30.8 Å². The van der Waals surface area contributed by atoms with Crippen molar-refractivity contribution < 1.29 is 18.7 Å². The number of anilines is 1. The third kappa shape index (κ3) is 4.07. The summed E-state index contributed by atoms with van der Waals surface area (Å²) >= 11 is 0. The van der Waals surface area contributed by atoms with Gasteiger partial charge in [-0.15, -0.1) is 0 Å². The lowest BCUT2D eigenvalue weighted by Gasteiger charge is -2.33. The van der Waals surface area contributed by atoms with Crippen molar-refractivity contribution in [2.24, 2.45) is 0 Å². The number of nitrogens with one attached hydrogen (secondary N) is 1. The van der Waals surface area contributed by atoms with Gasteiger partial charge in [-0.1, -0.05) is 6.07 Å². The first kappa shape index (κ1) is 18.0. The monoisotopic (exact) mass is 358 g/mol. The van der Waals surface area contributed by atoms with Gasteiger partial charge in [-0.2, -0.15) is 0 Å². The van der Waals surface area contributed by atoms with E-state index in [2.05, 4.69) is 5.32 Å². The van der Waals surface area contributed by atoms with Gasteiger partial charge in [0.05, 0.1) is 19.9 Å². The molecular formula is C20H23FN2O3. The third-order valence-corrected chi connectivity index (χ3v) is 4.62. The topological polar surface area (TPSA) is 50.8 Å². The Morgan fingerprint density at radius 3 is 2.54 bits per heavy atom. The summed E-state index contributed by atoms with van der Waals surface area (Å²) in [5, 5.41) is 3.48.